The van der Waals surface area contributed by atoms with Crippen LogP contribution in [0.4, 0.5) is 55.7 Å². The Bertz CT molecular complexity index is 7480. The van der Waals surface area contributed by atoms with Gasteiger partial charge in [-0.3, -0.25) is 34.8 Å². The second kappa shape index (κ2) is 41.9. The summed E-state index contributed by atoms with van der Waals surface area (Å²) >= 11 is 0. The van der Waals surface area contributed by atoms with Crippen LogP contribution in [-0.2, 0) is 25.0 Å². The summed E-state index contributed by atoms with van der Waals surface area (Å²) < 4.78 is 62.1. The fraction of sp³-hybridized carbons (Fsp3) is 0.154. The van der Waals surface area contributed by atoms with Gasteiger partial charge in [0, 0.05) is 245 Å². The Morgan fingerprint density at radius 1 is 0.493 bits per heavy atom. The molecule has 22 rings (SSSR count). The smallest absolute Gasteiger partial charge is 0.410 e. The first-order valence-corrected chi connectivity index (χ1v) is 44.5. The number of carbonyl (C=O) groups excluding carboxylic acids is 1. The van der Waals surface area contributed by atoms with Crippen LogP contribution in [0, 0.1) is 18.2 Å². The number of nitrogens with zero attached hydrogens (tertiary/aromatic N) is 19. The average Bonchev–Trinajstić information content (AvgIpc) is 1.36. The van der Waals surface area contributed by atoms with Crippen LogP contribution in [-0.4, -0.2) is 162 Å². The van der Waals surface area contributed by atoms with Crippen molar-refractivity contribution in [2.75, 3.05) is 54.6 Å². The van der Waals surface area contributed by atoms with Crippen molar-refractivity contribution in [1.29, 1.82) is 0 Å². The van der Waals surface area contributed by atoms with Gasteiger partial charge in [0.15, 0.2) is 24.3 Å². The van der Waals surface area contributed by atoms with Crippen LogP contribution < -0.4 is 50.3 Å². The largest absolute Gasteiger partial charge is 0.494 e. The molecule has 7 N–H and O–H groups in total. The van der Waals surface area contributed by atoms with Gasteiger partial charge in [0.25, 0.3) is 0 Å². The number of methoxy groups -OCH3 is 1. The first kappa shape index (κ1) is 90.6. The number of hydrogen-bond acceptors (Lipinski definition) is 31. The molecular formula is C104H89FN26O9. The zero-order valence-electron chi connectivity index (χ0n) is 76.2. The molecule has 36 heteroatoms. The number of carbonyl (C=O) groups is 1. The number of aryl methyl sites for hydroxylation is 1. The molecule has 0 unspecified atom stereocenters. The molecule has 2 aliphatic rings. The molecule has 2 fully saturated rings. The van der Waals surface area contributed by atoms with Crippen molar-refractivity contribution in [3.05, 3.63) is 317 Å². The van der Waals surface area contributed by atoms with Crippen molar-refractivity contribution < 1.29 is 46.4 Å². The standard InChI is InChI=1S/C29H30FN5O3.C26H19N7O2.C25H18N8O2.C24H22N6O2/c1-29(2,3)38-28(36)35-12-9-23(10-13-35)37-26-16-25-20(14-24(26)19-6-5-11-31-17-19)18-32-27(34-25)33-22-8-4-7-21(30)15-22;1-4-18(25-14-28-16-35-25)9-20(5-1)31-26-29-13-19-10-21(22-6-8-30-33-22)24(11-23(19)32-26)34-15-17-3-2-7-27-12-17;1-2-16(24-13-27-15-35-24)8-18(3-1)31-25-29-11-17-9-20(21-4-5-30-33-21)23(10-22(17)32-25)34-14-19-12-26-6-7-28-19;1-4-15-5-17-10-26-24(29-23(17)22(6-15)31-3)28-19-7-16(18-11-27-30(2)14-18)8-20(9-19)32-21-12-25-13-21/h4-8,11,14-18,23H,9-10,12-13H2,1-3H3,(H,32,33,34);1-14,16H,15H2,(H,30,33)(H,29,31,32);1-13,15H,14H2,(H,30,33)(H,29,31,32);1,5-11,14,21,25H,12-13H2,2-3H3,(H,26,28,29). The summed E-state index contributed by atoms with van der Waals surface area (Å²) in [6.45, 7) is 9.03. The van der Waals surface area contributed by atoms with E-state index in [1.165, 1.54) is 24.9 Å². The fourth-order valence-corrected chi connectivity index (χ4v) is 15.3. The lowest BCUT2D eigenvalue weighted by Gasteiger charge is -2.33. The van der Waals surface area contributed by atoms with Gasteiger partial charge in [0.2, 0.25) is 23.8 Å². The number of nitrogens with one attached hydrogen (secondary N) is 7. The highest BCUT2D eigenvalue weighted by Crippen LogP contribution is 2.41. The summed E-state index contributed by atoms with van der Waals surface area (Å²) in [6, 6.07) is 54.5. The van der Waals surface area contributed by atoms with Gasteiger partial charge in [-0.2, -0.15) is 15.3 Å². The molecule has 8 aromatic carbocycles. The first-order chi connectivity index (χ1) is 68.5. The number of halogens is 1. The summed E-state index contributed by atoms with van der Waals surface area (Å²) in [4.78, 5) is 75.6. The molecule has 0 spiro atoms. The van der Waals surface area contributed by atoms with E-state index in [1.54, 1.807) is 128 Å². The van der Waals surface area contributed by atoms with Gasteiger partial charge in [-0.25, -0.2) is 59.0 Å². The Hall–Kier alpha value is -18.5. The van der Waals surface area contributed by atoms with E-state index in [1.807, 2.05) is 186 Å². The number of benzene rings is 8. The number of terminal acetylenes is 1. The van der Waals surface area contributed by atoms with E-state index in [2.05, 4.69) is 118 Å². The normalized spacial score (nSPS) is 12.4. The summed E-state index contributed by atoms with van der Waals surface area (Å²) in [7, 11) is 3.49. The molecule has 0 radical (unpaired) electrons. The van der Waals surface area contributed by atoms with Crippen LogP contribution in [0.5, 0.6) is 28.7 Å². The minimum absolute atomic E-state index is 0.0757. The number of rotatable bonds is 25. The molecule has 14 heterocycles. The van der Waals surface area contributed by atoms with Gasteiger partial charge in [0.1, 0.15) is 71.1 Å². The number of hydrogen-bond donors (Lipinski definition) is 7. The van der Waals surface area contributed by atoms with Gasteiger partial charge in [-0.1, -0.05) is 48.4 Å². The second-order valence-electron chi connectivity index (χ2n) is 33.3. The highest BCUT2D eigenvalue weighted by molar-refractivity contribution is 5.92. The van der Waals surface area contributed by atoms with Gasteiger partial charge in [-0.05, 0) is 136 Å². The van der Waals surface area contributed by atoms with Crippen LogP contribution in [0.1, 0.15) is 50.4 Å². The Morgan fingerprint density at radius 2 is 1.06 bits per heavy atom. The maximum absolute atomic E-state index is 13.6. The SMILES string of the molecule is C#Cc1cc(OC)c2nc(Nc3cc(OC4CNC4)cc(-c4cnn(C)c4)c3)ncc2c1.CC(C)(C)OC(=O)N1CCC(Oc2cc3nc(Nc4cccc(F)c4)ncc3cc2-c2cccnc2)CC1.c1cc(Nc2ncc3cc(-c4ccn[nH]4)c(OCc4cnccn4)cc3n2)cc(-c2cnco2)c1.c1cncc(COc2cc3nc(Nc4cccc(-c5cnco5)c4)ncc3cc2-c2ccn[nH]2)c1. The molecule has 696 valence electrons. The number of aromatic nitrogens is 20. The summed E-state index contributed by atoms with van der Waals surface area (Å²) in [5, 5.41) is 37.9. The maximum atomic E-state index is 13.6. The Kier molecular flexibility index (Phi) is 27.2. The molecule has 20 aromatic rings. The number of aromatic amines is 2. The summed E-state index contributed by atoms with van der Waals surface area (Å²) in [5.41, 5.74) is 16.8. The third-order valence-corrected chi connectivity index (χ3v) is 22.1. The van der Waals surface area contributed by atoms with Gasteiger partial charge < -0.3 is 68.7 Å². The number of ether oxygens (including phenoxy) is 6. The van der Waals surface area contributed by atoms with Crippen LogP contribution in [0.15, 0.2) is 303 Å². The van der Waals surface area contributed by atoms with E-state index in [0.29, 0.717) is 108 Å². The van der Waals surface area contributed by atoms with E-state index in [0.717, 1.165) is 141 Å². The Labute approximate surface area is 800 Å². The van der Waals surface area contributed by atoms with Crippen molar-refractivity contribution in [3.63, 3.8) is 0 Å². The van der Waals surface area contributed by atoms with Crippen molar-refractivity contribution >= 4 is 96.2 Å². The van der Waals surface area contributed by atoms with Gasteiger partial charge in [0.05, 0.1) is 65.5 Å². The van der Waals surface area contributed by atoms with E-state index in [-0.39, 0.29) is 30.7 Å². The monoisotopic (exact) mass is 1860 g/mol. The number of fused-ring (bicyclic) bond motifs is 4. The highest BCUT2D eigenvalue weighted by Gasteiger charge is 2.30. The molecule has 35 nitrogen and oxygen atoms in total. The van der Waals surface area contributed by atoms with Gasteiger partial charge in [-0.15, -0.1) is 6.42 Å². The summed E-state index contributed by atoms with van der Waals surface area (Å²) in [5.74, 6) is 8.78. The average molecular weight is 1870 g/mol. The molecule has 140 heavy (non-hydrogen) atoms. The van der Waals surface area contributed by atoms with Crippen molar-refractivity contribution in [1.82, 2.24) is 110 Å². The predicted molar refractivity (Wildman–Crippen MR) is 527 cm³/mol. The van der Waals surface area contributed by atoms with Gasteiger partial charge >= 0.3 is 6.09 Å². The molecule has 12 aromatic heterocycles. The van der Waals surface area contributed by atoms with Crippen LogP contribution in [0.3, 0.4) is 0 Å². The van der Waals surface area contributed by atoms with Crippen LogP contribution in [0.2, 0.25) is 0 Å². The lowest BCUT2D eigenvalue weighted by Crippen LogP contribution is -2.50. The molecular weight excluding hydrogens is 1780 g/mol. The minimum Gasteiger partial charge on any atom is -0.494 e. The van der Waals surface area contributed by atoms with E-state index >= 15 is 0 Å². The number of amides is 1. The zero-order valence-corrected chi connectivity index (χ0v) is 76.2. The number of H-pyrrole nitrogens is 2. The first-order valence-electron chi connectivity index (χ1n) is 44.5. The Balaban J connectivity index is 0.000000119. The zero-order chi connectivity index (χ0) is 95.7. The minimum atomic E-state index is -0.529. The molecule has 0 saturated carbocycles. The van der Waals surface area contributed by atoms with E-state index in [9.17, 15) is 9.18 Å². The van der Waals surface area contributed by atoms with Crippen LogP contribution in [0.25, 0.3) is 111 Å². The summed E-state index contributed by atoms with van der Waals surface area (Å²) in [6.07, 6.45) is 39.1. The maximum Gasteiger partial charge on any atom is 0.410 e. The molecule has 2 saturated heterocycles. The van der Waals surface area contributed by atoms with E-state index < -0.39 is 5.60 Å². The molecule has 1 amide bonds. The third-order valence-electron chi connectivity index (χ3n) is 22.1. The van der Waals surface area contributed by atoms with Crippen molar-refractivity contribution in [3.8, 4) is 109 Å². The quantitative estimate of drug-likeness (QED) is 0.0261. The fourth-order valence-electron chi connectivity index (χ4n) is 15.3. The van der Waals surface area contributed by atoms with Crippen molar-refractivity contribution in [2.24, 2.45) is 7.05 Å². The number of likely N-dealkylation sites (tertiary alicyclic amines) is 1. The lowest BCUT2D eigenvalue weighted by atomic mass is 10.0. The molecule has 2 aliphatic heterocycles. The number of pyridine rings is 2. The van der Waals surface area contributed by atoms with Crippen LogP contribution >= 0.6 is 0 Å². The Morgan fingerprint density at radius 3 is 1.59 bits per heavy atom. The number of anilines is 8. The number of piperidine rings is 1. The molecule has 0 atom stereocenters. The predicted octanol–water partition coefficient (Wildman–Crippen LogP) is 19.6. The third kappa shape index (κ3) is 22.8. The molecule has 0 aliphatic carbocycles. The molecule has 0 bridgehead atoms. The second-order valence-corrected chi connectivity index (χ2v) is 33.3. The lowest BCUT2D eigenvalue weighted by molar-refractivity contribution is 0.0127. The van der Waals surface area contributed by atoms with E-state index in [4.69, 9.17) is 53.6 Å². The topological polar surface area (TPSA) is 418 Å². The highest BCUT2D eigenvalue weighted by atomic mass is 19.1. The number of oxazole rings is 2. The van der Waals surface area contributed by atoms with Crippen molar-refractivity contribution in [2.45, 2.75) is 64.6 Å².